The third-order valence-corrected chi connectivity index (χ3v) is 1.64. The maximum atomic E-state index is 5.40. The third kappa shape index (κ3) is 3.15. The number of alkyl halides is 2. The molecule has 3 heteroatoms. The second kappa shape index (κ2) is 4.69. The second-order valence-corrected chi connectivity index (χ2v) is 2.03. The highest BCUT2D eigenvalue weighted by molar-refractivity contribution is 6.20. The van der Waals surface area contributed by atoms with Crippen molar-refractivity contribution in [1.82, 2.24) is 0 Å². The summed E-state index contributed by atoms with van der Waals surface area (Å²) in [5.41, 5.74) is 5.22. The van der Waals surface area contributed by atoms with Crippen LogP contribution in [0.4, 0.5) is 0 Å². The molecule has 0 amide bonds. The summed E-state index contributed by atoms with van der Waals surface area (Å²) in [5.74, 6) is 1.43. The fraction of sp³-hybridized carbons (Fsp3) is 1.00. The first-order valence-electron chi connectivity index (χ1n) is 2.17. The lowest BCUT2D eigenvalue weighted by Crippen LogP contribution is -2.16. The van der Waals surface area contributed by atoms with E-state index in [1.54, 1.807) is 0 Å². The molecule has 7 heavy (non-hydrogen) atoms. The molecule has 0 heterocycles. The normalized spacial score (nSPS) is 10.3. The molecule has 2 N–H and O–H groups in total. The van der Waals surface area contributed by atoms with E-state index in [4.69, 9.17) is 28.9 Å². The van der Waals surface area contributed by atoms with E-state index in [2.05, 4.69) is 0 Å². The summed E-state index contributed by atoms with van der Waals surface area (Å²) in [6.45, 7) is 0.590. The van der Waals surface area contributed by atoms with E-state index in [0.29, 0.717) is 24.2 Å². The van der Waals surface area contributed by atoms with E-state index >= 15 is 0 Å². The molecule has 0 aromatic heterocycles. The van der Waals surface area contributed by atoms with Crippen LogP contribution in [0.5, 0.6) is 0 Å². The maximum absolute atomic E-state index is 5.40. The van der Waals surface area contributed by atoms with E-state index in [0.717, 1.165) is 0 Å². The van der Waals surface area contributed by atoms with Crippen LogP contribution in [0.25, 0.3) is 0 Å². The van der Waals surface area contributed by atoms with Gasteiger partial charge in [0, 0.05) is 11.8 Å². The van der Waals surface area contributed by atoms with E-state index in [-0.39, 0.29) is 0 Å². The van der Waals surface area contributed by atoms with Crippen LogP contribution in [0, 0.1) is 5.92 Å². The van der Waals surface area contributed by atoms with Crippen LogP contribution >= 0.6 is 23.2 Å². The number of halogens is 2. The second-order valence-electron chi connectivity index (χ2n) is 1.41. The molecule has 0 aromatic carbocycles. The van der Waals surface area contributed by atoms with Gasteiger partial charge in [0.15, 0.2) is 0 Å². The summed E-state index contributed by atoms with van der Waals surface area (Å²) in [6.07, 6.45) is 0. The average molecular weight is 142 g/mol. The Morgan fingerprint density at radius 3 is 1.71 bits per heavy atom. The van der Waals surface area contributed by atoms with Crippen LogP contribution in [-0.2, 0) is 0 Å². The lowest BCUT2D eigenvalue weighted by atomic mass is 10.2. The van der Waals surface area contributed by atoms with Crippen LogP contribution < -0.4 is 5.73 Å². The van der Waals surface area contributed by atoms with Crippen molar-refractivity contribution in [3.05, 3.63) is 0 Å². The number of hydrogen-bond donors (Lipinski definition) is 1. The molecular formula is C4H9Cl2N. The summed E-state index contributed by atoms with van der Waals surface area (Å²) in [7, 11) is 0. The van der Waals surface area contributed by atoms with E-state index in [1.807, 2.05) is 0 Å². The zero-order valence-corrected chi connectivity index (χ0v) is 5.54. The first-order chi connectivity index (χ1) is 3.35. The first-order valence-corrected chi connectivity index (χ1v) is 3.24. The van der Waals surface area contributed by atoms with Crippen molar-refractivity contribution in [2.45, 2.75) is 0 Å². The number of hydrogen-bond acceptors (Lipinski definition) is 1. The Kier molecular flexibility index (Phi) is 5.05. The highest BCUT2D eigenvalue weighted by Crippen LogP contribution is 1.98. The van der Waals surface area contributed by atoms with Gasteiger partial charge >= 0.3 is 0 Å². The van der Waals surface area contributed by atoms with Gasteiger partial charge < -0.3 is 5.73 Å². The van der Waals surface area contributed by atoms with Gasteiger partial charge in [-0.05, 0) is 12.5 Å². The average Bonchev–Trinajstić information content (AvgIpc) is 1.72. The van der Waals surface area contributed by atoms with Gasteiger partial charge in [0.05, 0.1) is 0 Å². The molecule has 0 radical (unpaired) electrons. The molecule has 0 unspecified atom stereocenters. The SMILES string of the molecule is NCC(CCl)CCl. The molecule has 0 aliphatic rings. The molecule has 0 aromatic rings. The minimum Gasteiger partial charge on any atom is -0.330 e. The van der Waals surface area contributed by atoms with Gasteiger partial charge in [-0.15, -0.1) is 23.2 Å². The maximum Gasteiger partial charge on any atom is 0.0275 e. The summed E-state index contributed by atoms with van der Waals surface area (Å²) < 4.78 is 0. The minimum absolute atomic E-state index is 0.295. The number of nitrogens with two attached hydrogens (primary N) is 1. The third-order valence-electron chi connectivity index (χ3n) is 0.770. The molecule has 0 fully saturated rings. The molecule has 1 nitrogen and oxygen atoms in total. The lowest BCUT2D eigenvalue weighted by Gasteiger charge is -2.02. The van der Waals surface area contributed by atoms with Crippen molar-refractivity contribution in [2.24, 2.45) is 11.7 Å². The standard InChI is InChI=1S/C4H9Cl2N/c5-1-4(2-6)3-7/h4H,1-3,7H2. The summed E-state index contributed by atoms with van der Waals surface area (Å²) in [6, 6.07) is 0. The Balaban J connectivity index is 2.99. The molecule has 0 bridgehead atoms. The summed E-state index contributed by atoms with van der Waals surface area (Å²) in [5, 5.41) is 0. The monoisotopic (exact) mass is 141 g/mol. The summed E-state index contributed by atoms with van der Waals surface area (Å²) >= 11 is 10.8. The van der Waals surface area contributed by atoms with Gasteiger partial charge in [0.25, 0.3) is 0 Å². The van der Waals surface area contributed by atoms with Crippen molar-refractivity contribution in [3.8, 4) is 0 Å². The quantitative estimate of drug-likeness (QED) is 0.585. The topological polar surface area (TPSA) is 26.0 Å². The van der Waals surface area contributed by atoms with Gasteiger partial charge in [-0.1, -0.05) is 0 Å². The molecule has 44 valence electrons. The molecule has 0 rings (SSSR count). The molecule has 0 spiro atoms. The molecule has 0 aliphatic heterocycles. The zero-order valence-electron chi connectivity index (χ0n) is 4.03. The Morgan fingerprint density at radius 1 is 1.29 bits per heavy atom. The Labute approximate surface area is 53.8 Å². The molecular weight excluding hydrogens is 133 g/mol. The van der Waals surface area contributed by atoms with Crippen LogP contribution in [-0.4, -0.2) is 18.3 Å². The van der Waals surface area contributed by atoms with E-state index in [9.17, 15) is 0 Å². The highest BCUT2D eigenvalue weighted by atomic mass is 35.5. The van der Waals surface area contributed by atoms with Crippen LogP contribution in [0.3, 0.4) is 0 Å². The minimum atomic E-state index is 0.295. The summed E-state index contributed by atoms with van der Waals surface area (Å²) in [4.78, 5) is 0. The van der Waals surface area contributed by atoms with Gasteiger partial charge in [-0.2, -0.15) is 0 Å². The molecule has 0 saturated carbocycles. The fourth-order valence-corrected chi connectivity index (χ4v) is 0.749. The smallest absolute Gasteiger partial charge is 0.0275 e. The van der Waals surface area contributed by atoms with Gasteiger partial charge in [0.2, 0.25) is 0 Å². The van der Waals surface area contributed by atoms with Gasteiger partial charge in [-0.25, -0.2) is 0 Å². The Morgan fingerprint density at radius 2 is 1.71 bits per heavy atom. The van der Waals surface area contributed by atoms with Crippen molar-refractivity contribution in [1.29, 1.82) is 0 Å². The lowest BCUT2D eigenvalue weighted by molar-refractivity contribution is 0.679. The van der Waals surface area contributed by atoms with E-state index < -0.39 is 0 Å². The number of rotatable bonds is 3. The molecule has 0 saturated heterocycles. The highest BCUT2D eigenvalue weighted by Gasteiger charge is 1.99. The van der Waals surface area contributed by atoms with E-state index in [1.165, 1.54) is 0 Å². The van der Waals surface area contributed by atoms with Crippen molar-refractivity contribution >= 4 is 23.2 Å². The van der Waals surface area contributed by atoms with Crippen LogP contribution in [0.1, 0.15) is 0 Å². The Bertz CT molecular complexity index is 31.2. The largest absolute Gasteiger partial charge is 0.330 e. The van der Waals surface area contributed by atoms with Crippen molar-refractivity contribution < 1.29 is 0 Å². The predicted molar refractivity (Wildman–Crippen MR) is 34.0 cm³/mol. The van der Waals surface area contributed by atoms with Crippen LogP contribution in [0.15, 0.2) is 0 Å². The predicted octanol–water partition coefficient (Wildman–Crippen LogP) is 1.04. The van der Waals surface area contributed by atoms with Crippen molar-refractivity contribution in [3.63, 3.8) is 0 Å². The fourth-order valence-electron chi connectivity index (χ4n) is 0.167. The van der Waals surface area contributed by atoms with Crippen LogP contribution in [0.2, 0.25) is 0 Å². The molecule has 0 aliphatic carbocycles. The first kappa shape index (κ1) is 7.54. The van der Waals surface area contributed by atoms with Gasteiger partial charge in [-0.3, -0.25) is 0 Å². The van der Waals surface area contributed by atoms with Gasteiger partial charge in [0.1, 0.15) is 0 Å². The molecule has 0 atom stereocenters. The van der Waals surface area contributed by atoms with Crippen molar-refractivity contribution in [2.75, 3.05) is 18.3 Å². The Hall–Kier alpha value is 0.540. The zero-order chi connectivity index (χ0) is 5.70.